The fourth-order valence-electron chi connectivity index (χ4n) is 3.67. The Kier molecular flexibility index (Phi) is 4.77. The first-order valence-corrected chi connectivity index (χ1v) is 9.92. The number of para-hydroxylation sites is 1. The van der Waals surface area contributed by atoms with E-state index in [0.717, 1.165) is 33.1 Å². The number of nitrogens with zero attached hydrogens (tertiary/aromatic N) is 2. The first-order valence-electron chi connectivity index (χ1n) is 9.92. The van der Waals surface area contributed by atoms with Crippen LogP contribution in [-0.2, 0) is 0 Å². The zero-order valence-electron chi connectivity index (χ0n) is 16.9. The van der Waals surface area contributed by atoms with Crippen LogP contribution in [0.15, 0.2) is 91.1 Å². The molecule has 5 aromatic rings. The maximum atomic E-state index is 13.4. The molecule has 3 aromatic carbocycles. The van der Waals surface area contributed by atoms with E-state index in [2.05, 4.69) is 10.3 Å². The summed E-state index contributed by atoms with van der Waals surface area (Å²) in [7, 11) is 1.62. The first kappa shape index (κ1) is 18.8. The Labute approximate surface area is 179 Å². The average molecular weight is 405 g/mol. The van der Waals surface area contributed by atoms with Gasteiger partial charge in [0.05, 0.1) is 35.1 Å². The average Bonchev–Trinajstić information content (AvgIpc) is 2.83. The van der Waals surface area contributed by atoms with E-state index in [1.807, 2.05) is 78.9 Å². The molecule has 0 unspecified atom stereocenters. The molecule has 0 saturated carbocycles. The Balaban J connectivity index is 1.61. The van der Waals surface area contributed by atoms with Crippen molar-refractivity contribution in [3.05, 3.63) is 96.7 Å². The Morgan fingerprint density at radius 3 is 2.48 bits per heavy atom. The minimum Gasteiger partial charge on any atom is -0.497 e. The molecule has 0 spiro atoms. The van der Waals surface area contributed by atoms with Gasteiger partial charge in [-0.15, -0.1) is 0 Å². The maximum absolute atomic E-state index is 13.4. The van der Waals surface area contributed by atoms with Crippen LogP contribution in [0, 0.1) is 0 Å². The summed E-state index contributed by atoms with van der Waals surface area (Å²) in [5, 5.41) is 4.68. The molecule has 5 nitrogen and oxygen atoms in total. The van der Waals surface area contributed by atoms with Crippen molar-refractivity contribution in [1.29, 1.82) is 0 Å². The number of pyridine rings is 2. The third kappa shape index (κ3) is 3.57. The molecule has 5 heteroatoms. The van der Waals surface area contributed by atoms with Gasteiger partial charge in [0.1, 0.15) is 5.75 Å². The van der Waals surface area contributed by atoms with Crippen LogP contribution >= 0.6 is 0 Å². The second-order valence-corrected chi connectivity index (χ2v) is 7.13. The number of aromatic nitrogens is 2. The summed E-state index contributed by atoms with van der Waals surface area (Å²) in [6.07, 6.45) is 1.68. The zero-order valence-corrected chi connectivity index (χ0v) is 16.9. The van der Waals surface area contributed by atoms with Crippen LogP contribution in [-0.4, -0.2) is 23.0 Å². The number of benzene rings is 3. The van der Waals surface area contributed by atoms with Crippen LogP contribution in [0.3, 0.4) is 0 Å². The SMILES string of the molecule is COc1ccc2nccc(NC(=O)c3cc(-c4ccccc4)nc4ccccc34)c2c1. The van der Waals surface area contributed by atoms with Crippen LogP contribution in [0.1, 0.15) is 10.4 Å². The molecule has 31 heavy (non-hydrogen) atoms. The number of hydrogen-bond acceptors (Lipinski definition) is 4. The second-order valence-electron chi connectivity index (χ2n) is 7.13. The summed E-state index contributed by atoms with van der Waals surface area (Å²) in [5.41, 5.74) is 4.51. The van der Waals surface area contributed by atoms with Gasteiger partial charge >= 0.3 is 0 Å². The van der Waals surface area contributed by atoms with Gasteiger partial charge < -0.3 is 10.1 Å². The molecular formula is C26H19N3O2. The highest BCUT2D eigenvalue weighted by molar-refractivity contribution is 6.15. The van der Waals surface area contributed by atoms with E-state index < -0.39 is 0 Å². The molecule has 2 heterocycles. The highest BCUT2D eigenvalue weighted by Gasteiger charge is 2.15. The van der Waals surface area contributed by atoms with Gasteiger partial charge in [-0.25, -0.2) is 4.98 Å². The molecule has 150 valence electrons. The van der Waals surface area contributed by atoms with Gasteiger partial charge in [-0.3, -0.25) is 9.78 Å². The number of amides is 1. The topological polar surface area (TPSA) is 64.1 Å². The van der Waals surface area contributed by atoms with Crippen molar-refractivity contribution in [3.8, 4) is 17.0 Å². The van der Waals surface area contributed by atoms with Crippen LogP contribution in [0.2, 0.25) is 0 Å². The number of anilines is 1. The molecule has 0 bridgehead atoms. The van der Waals surface area contributed by atoms with E-state index in [0.29, 0.717) is 17.0 Å². The fourth-order valence-corrected chi connectivity index (χ4v) is 3.67. The predicted molar refractivity (Wildman–Crippen MR) is 123 cm³/mol. The molecule has 0 radical (unpaired) electrons. The summed E-state index contributed by atoms with van der Waals surface area (Å²) < 4.78 is 5.34. The van der Waals surface area contributed by atoms with Gasteiger partial charge in [-0.1, -0.05) is 48.5 Å². The first-order chi connectivity index (χ1) is 15.2. The number of hydrogen-bond donors (Lipinski definition) is 1. The highest BCUT2D eigenvalue weighted by atomic mass is 16.5. The standard InChI is InChI=1S/C26H19N3O2/c1-31-18-11-12-22-21(15-18)24(13-14-27-22)29-26(30)20-16-25(17-7-3-2-4-8-17)28-23-10-6-5-9-19(20)23/h2-16H,1H3,(H,27,29,30). The molecule has 0 aliphatic rings. The molecule has 0 saturated heterocycles. The van der Waals surface area contributed by atoms with Crippen LogP contribution < -0.4 is 10.1 Å². The van der Waals surface area contributed by atoms with Crippen LogP contribution in [0.4, 0.5) is 5.69 Å². The van der Waals surface area contributed by atoms with Gasteiger partial charge in [-0.05, 0) is 36.4 Å². The number of ether oxygens (including phenoxy) is 1. The summed E-state index contributed by atoms with van der Waals surface area (Å²) in [6, 6.07) is 26.8. The molecule has 1 N–H and O–H groups in total. The van der Waals surface area contributed by atoms with E-state index in [1.54, 1.807) is 19.4 Å². The summed E-state index contributed by atoms with van der Waals surface area (Å²) >= 11 is 0. The lowest BCUT2D eigenvalue weighted by Gasteiger charge is -2.12. The number of fused-ring (bicyclic) bond motifs is 2. The van der Waals surface area contributed by atoms with E-state index in [9.17, 15) is 4.79 Å². The van der Waals surface area contributed by atoms with Crippen molar-refractivity contribution in [2.45, 2.75) is 0 Å². The largest absolute Gasteiger partial charge is 0.497 e. The number of methoxy groups -OCH3 is 1. The number of nitrogens with one attached hydrogen (secondary N) is 1. The third-order valence-corrected chi connectivity index (χ3v) is 5.23. The molecular weight excluding hydrogens is 386 g/mol. The van der Waals surface area contributed by atoms with E-state index in [1.165, 1.54) is 0 Å². The minimum atomic E-state index is -0.203. The minimum absolute atomic E-state index is 0.203. The maximum Gasteiger partial charge on any atom is 0.256 e. The predicted octanol–water partition coefficient (Wildman–Crippen LogP) is 5.71. The van der Waals surface area contributed by atoms with Crippen molar-refractivity contribution in [2.24, 2.45) is 0 Å². The molecule has 0 aliphatic carbocycles. The Bertz CT molecular complexity index is 1410. The number of rotatable bonds is 4. The normalized spacial score (nSPS) is 10.9. The van der Waals surface area contributed by atoms with Crippen molar-refractivity contribution < 1.29 is 9.53 Å². The van der Waals surface area contributed by atoms with Crippen molar-refractivity contribution in [3.63, 3.8) is 0 Å². The van der Waals surface area contributed by atoms with E-state index >= 15 is 0 Å². The summed E-state index contributed by atoms with van der Waals surface area (Å²) in [6.45, 7) is 0. The fraction of sp³-hybridized carbons (Fsp3) is 0.0385. The lowest BCUT2D eigenvalue weighted by atomic mass is 10.0. The van der Waals surface area contributed by atoms with Gasteiger partial charge in [0.2, 0.25) is 0 Å². The Morgan fingerprint density at radius 2 is 1.65 bits per heavy atom. The van der Waals surface area contributed by atoms with Gasteiger partial charge in [0.25, 0.3) is 5.91 Å². The zero-order chi connectivity index (χ0) is 21.2. The molecule has 0 fully saturated rings. The molecule has 0 aliphatic heterocycles. The van der Waals surface area contributed by atoms with Gasteiger partial charge in [0.15, 0.2) is 0 Å². The van der Waals surface area contributed by atoms with Gasteiger partial charge in [0, 0.05) is 22.5 Å². The Hall–Kier alpha value is -4.25. The number of carbonyl (C=O) groups is 1. The number of carbonyl (C=O) groups excluding carboxylic acids is 1. The van der Waals surface area contributed by atoms with Crippen molar-refractivity contribution in [2.75, 3.05) is 12.4 Å². The van der Waals surface area contributed by atoms with Crippen LogP contribution in [0.5, 0.6) is 5.75 Å². The third-order valence-electron chi connectivity index (χ3n) is 5.23. The van der Waals surface area contributed by atoms with Crippen LogP contribution in [0.25, 0.3) is 33.1 Å². The quantitative estimate of drug-likeness (QED) is 0.416. The Morgan fingerprint density at radius 1 is 0.839 bits per heavy atom. The summed E-state index contributed by atoms with van der Waals surface area (Å²) in [4.78, 5) is 22.6. The lowest BCUT2D eigenvalue weighted by molar-refractivity contribution is 0.102. The molecule has 5 rings (SSSR count). The molecule has 2 aromatic heterocycles. The van der Waals surface area contributed by atoms with Crippen molar-refractivity contribution >= 4 is 33.4 Å². The van der Waals surface area contributed by atoms with Gasteiger partial charge in [-0.2, -0.15) is 0 Å². The highest BCUT2D eigenvalue weighted by Crippen LogP contribution is 2.29. The smallest absolute Gasteiger partial charge is 0.256 e. The van der Waals surface area contributed by atoms with E-state index in [-0.39, 0.29) is 5.91 Å². The lowest BCUT2D eigenvalue weighted by Crippen LogP contribution is -2.13. The second kappa shape index (κ2) is 7.88. The molecule has 1 amide bonds. The molecule has 0 atom stereocenters. The summed E-state index contributed by atoms with van der Waals surface area (Å²) in [5.74, 6) is 0.503. The monoisotopic (exact) mass is 405 g/mol. The van der Waals surface area contributed by atoms with Crippen molar-refractivity contribution in [1.82, 2.24) is 9.97 Å². The van der Waals surface area contributed by atoms with E-state index in [4.69, 9.17) is 9.72 Å².